The molecule has 1 aliphatic rings. The molecule has 1 unspecified atom stereocenters. The second-order valence-electron chi connectivity index (χ2n) is 4.83. The van der Waals surface area contributed by atoms with E-state index in [0.717, 1.165) is 31.5 Å². The lowest BCUT2D eigenvalue weighted by molar-refractivity contribution is -0.118. The van der Waals surface area contributed by atoms with Crippen LogP contribution in [0, 0.1) is 0 Å². The summed E-state index contributed by atoms with van der Waals surface area (Å²) >= 11 is 1.88. The third-order valence-electron chi connectivity index (χ3n) is 3.29. The number of rotatable bonds is 3. The van der Waals surface area contributed by atoms with Crippen molar-refractivity contribution in [2.75, 3.05) is 11.4 Å². The van der Waals surface area contributed by atoms with Crippen LogP contribution >= 0.6 is 11.8 Å². The Balaban J connectivity index is 2.23. The Morgan fingerprint density at radius 2 is 2.22 bits per heavy atom. The van der Waals surface area contributed by atoms with E-state index in [2.05, 4.69) is 32.0 Å². The smallest absolute Gasteiger partial charge is 0.227 e. The molecule has 0 saturated heterocycles. The molecule has 1 aliphatic heterocycles. The molecule has 1 aromatic carbocycles. The molecule has 1 aromatic rings. The van der Waals surface area contributed by atoms with Gasteiger partial charge in [-0.25, -0.2) is 0 Å². The summed E-state index contributed by atoms with van der Waals surface area (Å²) in [6.45, 7) is 5.22. The average Bonchev–Trinajstić information content (AvgIpc) is 2.54. The van der Waals surface area contributed by atoms with Crippen molar-refractivity contribution in [2.45, 2.75) is 49.7 Å². The summed E-state index contributed by atoms with van der Waals surface area (Å²) in [6, 6.07) is 8.28. The van der Waals surface area contributed by atoms with E-state index in [9.17, 15) is 4.79 Å². The zero-order chi connectivity index (χ0) is 13.0. The van der Waals surface area contributed by atoms with Crippen LogP contribution in [-0.2, 0) is 4.79 Å². The molecule has 0 bridgehead atoms. The van der Waals surface area contributed by atoms with Gasteiger partial charge in [0.2, 0.25) is 5.91 Å². The highest BCUT2D eigenvalue weighted by Crippen LogP contribution is 2.37. The minimum atomic E-state index is 0.277. The standard InChI is InChI=1S/C15H21NOS/c1-3-4-9-15(17)16-11-10-12(2)18-14-8-6-5-7-13(14)16/h5-8,12H,3-4,9-11H2,1-2H3. The van der Waals surface area contributed by atoms with Gasteiger partial charge in [0.25, 0.3) is 0 Å². The Labute approximate surface area is 114 Å². The molecule has 0 aliphatic carbocycles. The van der Waals surface area contributed by atoms with E-state index in [1.54, 1.807) is 0 Å². The molecule has 1 amide bonds. The van der Waals surface area contributed by atoms with Crippen molar-refractivity contribution in [3.05, 3.63) is 24.3 Å². The van der Waals surface area contributed by atoms with Gasteiger partial charge in [0.05, 0.1) is 5.69 Å². The third-order valence-corrected chi connectivity index (χ3v) is 4.53. The number of hydrogen-bond acceptors (Lipinski definition) is 2. The van der Waals surface area contributed by atoms with Gasteiger partial charge in [0, 0.05) is 23.1 Å². The fourth-order valence-electron chi connectivity index (χ4n) is 2.21. The summed E-state index contributed by atoms with van der Waals surface area (Å²) in [5.74, 6) is 0.277. The summed E-state index contributed by atoms with van der Waals surface area (Å²) in [7, 11) is 0. The van der Waals surface area contributed by atoms with E-state index in [1.165, 1.54) is 4.90 Å². The van der Waals surface area contributed by atoms with Gasteiger partial charge >= 0.3 is 0 Å². The lowest BCUT2D eigenvalue weighted by Crippen LogP contribution is -2.31. The van der Waals surface area contributed by atoms with Crippen molar-refractivity contribution in [2.24, 2.45) is 0 Å². The van der Waals surface area contributed by atoms with Crippen molar-refractivity contribution in [3.63, 3.8) is 0 Å². The quantitative estimate of drug-likeness (QED) is 0.818. The zero-order valence-corrected chi connectivity index (χ0v) is 12.0. The van der Waals surface area contributed by atoms with Crippen molar-refractivity contribution in [3.8, 4) is 0 Å². The maximum Gasteiger partial charge on any atom is 0.227 e. The highest BCUT2D eigenvalue weighted by Gasteiger charge is 2.23. The first kappa shape index (κ1) is 13.5. The Bertz CT molecular complexity index is 419. The molecule has 18 heavy (non-hydrogen) atoms. The second-order valence-corrected chi connectivity index (χ2v) is 6.31. The number of anilines is 1. The molecule has 2 rings (SSSR count). The van der Waals surface area contributed by atoms with Gasteiger partial charge in [0.1, 0.15) is 0 Å². The largest absolute Gasteiger partial charge is 0.311 e. The van der Waals surface area contributed by atoms with Crippen LogP contribution in [0.3, 0.4) is 0 Å². The lowest BCUT2D eigenvalue weighted by atomic mass is 10.2. The molecule has 0 fully saturated rings. The summed E-state index contributed by atoms with van der Waals surface area (Å²) in [5, 5.41) is 0.579. The average molecular weight is 263 g/mol. The molecule has 0 saturated carbocycles. The van der Waals surface area contributed by atoms with E-state index in [1.807, 2.05) is 22.7 Å². The molecule has 2 nitrogen and oxygen atoms in total. The fourth-order valence-corrected chi connectivity index (χ4v) is 3.32. The van der Waals surface area contributed by atoms with Gasteiger partial charge in [-0.1, -0.05) is 32.4 Å². The number of benzene rings is 1. The normalized spacial score (nSPS) is 19.2. The van der Waals surface area contributed by atoms with Gasteiger partial charge < -0.3 is 4.90 Å². The molecule has 1 heterocycles. The predicted molar refractivity (Wildman–Crippen MR) is 78.3 cm³/mol. The van der Waals surface area contributed by atoms with Crippen LogP contribution in [0.25, 0.3) is 0 Å². The molecular weight excluding hydrogens is 242 g/mol. The minimum absolute atomic E-state index is 0.277. The number of carbonyl (C=O) groups excluding carboxylic acids is 1. The summed E-state index contributed by atoms with van der Waals surface area (Å²) in [6.07, 6.45) is 3.80. The number of carbonyl (C=O) groups is 1. The van der Waals surface area contributed by atoms with Crippen LogP contribution in [0.2, 0.25) is 0 Å². The minimum Gasteiger partial charge on any atom is -0.311 e. The molecule has 98 valence electrons. The van der Waals surface area contributed by atoms with Gasteiger partial charge in [-0.15, -0.1) is 11.8 Å². The molecule has 0 aromatic heterocycles. The summed E-state index contributed by atoms with van der Waals surface area (Å²) in [4.78, 5) is 15.5. The first-order chi connectivity index (χ1) is 8.72. The number of thioether (sulfide) groups is 1. The monoisotopic (exact) mass is 263 g/mol. The molecule has 0 radical (unpaired) electrons. The molecule has 0 spiro atoms. The van der Waals surface area contributed by atoms with E-state index < -0.39 is 0 Å². The maximum absolute atomic E-state index is 12.3. The van der Waals surface area contributed by atoms with Gasteiger partial charge in [-0.3, -0.25) is 4.79 Å². The predicted octanol–water partition coefficient (Wildman–Crippen LogP) is 4.09. The fraction of sp³-hybridized carbons (Fsp3) is 0.533. The Hall–Kier alpha value is -0.960. The lowest BCUT2D eigenvalue weighted by Gasteiger charge is -2.22. The van der Waals surface area contributed by atoms with Crippen LogP contribution in [0.1, 0.15) is 39.5 Å². The van der Waals surface area contributed by atoms with E-state index in [0.29, 0.717) is 11.7 Å². The highest BCUT2D eigenvalue weighted by atomic mass is 32.2. The number of hydrogen-bond donors (Lipinski definition) is 0. The van der Waals surface area contributed by atoms with Crippen molar-refractivity contribution in [1.82, 2.24) is 0 Å². The SMILES string of the molecule is CCCCC(=O)N1CCC(C)Sc2ccccc21. The molecule has 1 atom stereocenters. The number of nitrogens with zero attached hydrogens (tertiary/aromatic N) is 1. The maximum atomic E-state index is 12.3. The first-order valence-corrected chi connectivity index (χ1v) is 7.66. The van der Waals surface area contributed by atoms with E-state index in [4.69, 9.17) is 0 Å². The zero-order valence-electron chi connectivity index (χ0n) is 11.2. The van der Waals surface area contributed by atoms with Crippen LogP contribution in [-0.4, -0.2) is 17.7 Å². The summed E-state index contributed by atoms with van der Waals surface area (Å²) < 4.78 is 0. The van der Waals surface area contributed by atoms with Crippen molar-refractivity contribution < 1.29 is 4.79 Å². The summed E-state index contributed by atoms with van der Waals surface area (Å²) in [5.41, 5.74) is 1.10. The molecule has 3 heteroatoms. The Morgan fingerprint density at radius 1 is 1.44 bits per heavy atom. The van der Waals surface area contributed by atoms with Crippen molar-refractivity contribution in [1.29, 1.82) is 0 Å². The second kappa shape index (κ2) is 6.28. The van der Waals surface area contributed by atoms with Crippen LogP contribution < -0.4 is 4.90 Å². The molecule has 0 N–H and O–H groups in total. The first-order valence-electron chi connectivity index (χ1n) is 6.78. The Kier molecular flexibility index (Phi) is 4.70. The van der Waals surface area contributed by atoms with Gasteiger partial charge in [-0.05, 0) is 25.0 Å². The van der Waals surface area contributed by atoms with Gasteiger partial charge in [0.15, 0.2) is 0 Å². The van der Waals surface area contributed by atoms with Crippen LogP contribution in [0.5, 0.6) is 0 Å². The highest BCUT2D eigenvalue weighted by molar-refractivity contribution is 8.00. The van der Waals surface area contributed by atoms with Crippen LogP contribution in [0.4, 0.5) is 5.69 Å². The van der Waals surface area contributed by atoms with Gasteiger partial charge in [-0.2, -0.15) is 0 Å². The van der Waals surface area contributed by atoms with E-state index >= 15 is 0 Å². The topological polar surface area (TPSA) is 20.3 Å². The van der Waals surface area contributed by atoms with Crippen LogP contribution in [0.15, 0.2) is 29.2 Å². The number of unbranched alkanes of at least 4 members (excludes halogenated alkanes) is 1. The number of amides is 1. The van der Waals surface area contributed by atoms with E-state index in [-0.39, 0.29) is 5.91 Å². The third kappa shape index (κ3) is 3.08. The molecular formula is C15H21NOS. The number of fused-ring (bicyclic) bond motifs is 1. The number of para-hydroxylation sites is 1. The Morgan fingerprint density at radius 3 is 3.00 bits per heavy atom. The van der Waals surface area contributed by atoms with Crippen molar-refractivity contribution >= 4 is 23.4 Å².